The molecule has 0 bridgehead atoms. The van der Waals surface area contributed by atoms with E-state index in [1.807, 2.05) is 0 Å². The Balaban J connectivity index is 2.16. The van der Waals surface area contributed by atoms with E-state index >= 15 is 0 Å². The van der Waals surface area contributed by atoms with Gasteiger partial charge in [0.1, 0.15) is 6.10 Å². The standard InChI is InChI=1S/C11H14ClN5O2/c1-13-5-8(18)11(19)7-4-14-17(6-7)10-3-2-9(12)15-16-10/h2-4,6,8,11,13,18-19H,5H2,1H3. The second-order valence-corrected chi connectivity index (χ2v) is 4.39. The zero-order chi connectivity index (χ0) is 13.8. The Morgan fingerprint density at radius 2 is 2.16 bits per heavy atom. The Bertz CT molecular complexity index is 530. The number of halogens is 1. The monoisotopic (exact) mass is 283 g/mol. The summed E-state index contributed by atoms with van der Waals surface area (Å²) in [4.78, 5) is 0. The van der Waals surface area contributed by atoms with Crippen molar-refractivity contribution in [2.75, 3.05) is 13.6 Å². The number of hydrogen-bond donors (Lipinski definition) is 3. The van der Waals surface area contributed by atoms with Gasteiger partial charge in [0.25, 0.3) is 0 Å². The average Bonchev–Trinajstić information content (AvgIpc) is 2.88. The van der Waals surface area contributed by atoms with Gasteiger partial charge in [0.15, 0.2) is 11.0 Å². The molecule has 2 unspecified atom stereocenters. The molecule has 0 aliphatic carbocycles. The maximum absolute atomic E-state index is 9.92. The van der Waals surface area contributed by atoms with Gasteiger partial charge in [-0.05, 0) is 19.2 Å². The van der Waals surface area contributed by atoms with Crippen LogP contribution in [0.3, 0.4) is 0 Å². The molecule has 2 atom stereocenters. The number of rotatable bonds is 5. The van der Waals surface area contributed by atoms with Crippen molar-refractivity contribution in [1.82, 2.24) is 25.3 Å². The normalized spacial score (nSPS) is 14.3. The largest absolute Gasteiger partial charge is 0.389 e. The molecule has 8 heteroatoms. The van der Waals surface area contributed by atoms with Crippen LogP contribution in [0.4, 0.5) is 0 Å². The molecule has 0 saturated heterocycles. The predicted octanol–water partition coefficient (Wildman–Crippen LogP) is -0.0706. The summed E-state index contributed by atoms with van der Waals surface area (Å²) >= 11 is 5.65. The third-order valence-electron chi connectivity index (χ3n) is 2.57. The SMILES string of the molecule is CNCC(O)C(O)c1cnn(-c2ccc(Cl)nn2)c1. The van der Waals surface area contributed by atoms with Crippen molar-refractivity contribution in [2.24, 2.45) is 0 Å². The van der Waals surface area contributed by atoms with Gasteiger partial charge in [-0.1, -0.05) is 11.6 Å². The van der Waals surface area contributed by atoms with Crippen LogP contribution in [0.25, 0.3) is 5.82 Å². The summed E-state index contributed by atoms with van der Waals surface area (Å²) in [6.45, 7) is 0.285. The minimum Gasteiger partial charge on any atom is -0.389 e. The molecule has 0 spiro atoms. The van der Waals surface area contributed by atoms with E-state index in [0.717, 1.165) is 0 Å². The molecule has 3 N–H and O–H groups in total. The number of hydrogen-bond acceptors (Lipinski definition) is 6. The molecule has 0 aliphatic rings. The van der Waals surface area contributed by atoms with E-state index in [2.05, 4.69) is 20.6 Å². The lowest BCUT2D eigenvalue weighted by Gasteiger charge is -2.15. The van der Waals surface area contributed by atoms with Crippen LogP contribution in [-0.2, 0) is 0 Å². The van der Waals surface area contributed by atoms with E-state index in [-0.39, 0.29) is 6.54 Å². The van der Waals surface area contributed by atoms with Crippen molar-refractivity contribution in [3.63, 3.8) is 0 Å². The lowest BCUT2D eigenvalue weighted by atomic mass is 10.1. The molecule has 0 aliphatic heterocycles. The Hall–Kier alpha value is -1.54. The van der Waals surface area contributed by atoms with E-state index in [1.54, 1.807) is 25.4 Å². The summed E-state index contributed by atoms with van der Waals surface area (Å²) in [5.41, 5.74) is 0.500. The fraction of sp³-hybridized carbons (Fsp3) is 0.364. The van der Waals surface area contributed by atoms with Crippen LogP contribution in [0.2, 0.25) is 5.15 Å². The molecule has 0 radical (unpaired) electrons. The molecule has 7 nitrogen and oxygen atoms in total. The van der Waals surface area contributed by atoms with Crippen molar-refractivity contribution in [3.8, 4) is 5.82 Å². The second-order valence-electron chi connectivity index (χ2n) is 4.00. The Morgan fingerprint density at radius 1 is 1.37 bits per heavy atom. The van der Waals surface area contributed by atoms with Crippen LogP contribution in [0.5, 0.6) is 0 Å². The number of aliphatic hydroxyl groups is 2. The van der Waals surface area contributed by atoms with Crippen molar-refractivity contribution >= 4 is 11.6 Å². The molecule has 2 rings (SSSR count). The summed E-state index contributed by atoms with van der Waals surface area (Å²) in [5, 5.41) is 34.3. The minimum atomic E-state index is -1.01. The first-order chi connectivity index (χ1) is 9.11. The maximum atomic E-state index is 9.92. The molecule has 2 aromatic rings. The van der Waals surface area contributed by atoms with E-state index < -0.39 is 12.2 Å². The van der Waals surface area contributed by atoms with E-state index in [1.165, 1.54) is 10.9 Å². The van der Waals surface area contributed by atoms with Crippen LogP contribution in [0.1, 0.15) is 11.7 Å². The third kappa shape index (κ3) is 3.27. The molecule has 102 valence electrons. The van der Waals surface area contributed by atoms with E-state index in [4.69, 9.17) is 11.6 Å². The topological polar surface area (TPSA) is 96.1 Å². The summed E-state index contributed by atoms with van der Waals surface area (Å²) in [6, 6.07) is 3.25. The van der Waals surface area contributed by atoms with Gasteiger partial charge in [-0.15, -0.1) is 10.2 Å². The van der Waals surface area contributed by atoms with Gasteiger partial charge < -0.3 is 15.5 Å². The van der Waals surface area contributed by atoms with Crippen LogP contribution in [-0.4, -0.2) is 49.9 Å². The highest BCUT2D eigenvalue weighted by Crippen LogP contribution is 2.17. The van der Waals surface area contributed by atoms with Crippen LogP contribution < -0.4 is 5.32 Å². The molecule has 2 aromatic heterocycles. The zero-order valence-electron chi connectivity index (χ0n) is 10.2. The third-order valence-corrected chi connectivity index (χ3v) is 2.78. The minimum absolute atomic E-state index is 0.285. The summed E-state index contributed by atoms with van der Waals surface area (Å²) in [6.07, 6.45) is 1.14. The summed E-state index contributed by atoms with van der Waals surface area (Å²) in [5.74, 6) is 0.478. The van der Waals surface area contributed by atoms with E-state index in [9.17, 15) is 10.2 Å². The lowest BCUT2D eigenvalue weighted by Crippen LogP contribution is -2.29. The highest BCUT2D eigenvalue weighted by Gasteiger charge is 2.19. The smallest absolute Gasteiger partial charge is 0.175 e. The number of aliphatic hydroxyl groups excluding tert-OH is 2. The molecule has 19 heavy (non-hydrogen) atoms. The average molecular weight is 284 g/mol. The second kappa shape index (κ2) is 6.07. The Labute approximate surface area is 114 Å². The fourth-order valence-corrected chi connectivity index (χ4v) is 1.69. The molecular formula is C11H14ClN5O2. The van der Waals surface area contributed by atoms with Gasteiger partial charge in [0, 0.05) is 18.3 Å². The molecule has 0 fully saturated rings. The molecule has 0 saturated carbocycles. The molecule has 2 heterocycles. The first-order valence-corrected chi connectivity index (χ1v) is 6.04. The molecule has 0 amide bonds. The zero-order valence-corrected chi connectivity index (χ0v) is 11.0. The number of nitrogens with zero attached hydrogens (tertiary/aromatic N) is 4. The number of likely N-dealkylation sites (N-methyl/N-ethyl adjacent to an activating group) is 1. The first-order valence-electron chi connectivity index (χ1n) is 5.66. The Morgan fingerprint density at radius 3 is 2.79 bits per heavy atom. The van der Waals surface area contributed by atoms with Gasteiger partial charge in [-0.2, -0.15) is 5.10 Å². The van der Waals surface area contributed by atoms with Crippen molar-refractivity contribution in [2.45, 2.75) is 12.2 Å². The van der Waals surface area contributed by atoms with Gasteiger partial charge >= 0.3 is 0 Å². The van der Waals surface area contributed by atoms with Crippen molar-refractivity contribution in [3.05, 3.63) is 35.2 Å². The fourth-order valence-electron chi connectivity index (χ4n) is 1.59. The van der Waals surface area contributed by atoms with Gasteiger partial charge in [0.2, 0.25) is 0 Å². The van der Waals surface area contributed by atoms with Gasteiger partial charge in [-0.3, -0.25) is 0 Å². The number of aromatic nitrogens is 4. The lowest BCUT2D eigenvalue weighted by molar-refractivity contribution is 0.0202. The van der Waals surface area contributed by atoms with Crippen LogP contribution in [0, 0.1) is 0 Å². The Kier molecular flexibility index (Phi) is 4.43. The predicted molar refractivity (Wildman–Crippen MR) is 69.1 cm³/mol. The van der Waals surface area contributed by atoms with Crippen molar-refractivity contribution in [1.29, 1.82) is 0 Å². The van der Waals surface area contributed by atoms with Crippen molar-refractivity contribution < 1.29 is 10.2 Å². The summed E-state index contributed by atoms with van der Waals surface area (Å²) in [7, 11) is 1.70. The molecular weight excluding hydrogens is 270 g/mol. The van der Waals surface area contributed by atoms with E-state index in [0.29, 0.717) is 16.5 Å². The van der Waals surface area contributed by atoms with Crippen LogP contribution >= 0.6 is 11.6 Å². The number of nitrogens with one attached hydrogen (secondary N) is 1. The highest BCUT2D eigenvalue weighted by atomic mass is 35.5. The highest BCUT2D eigenvalue weighted by molar-refractivity contribution is 6.29. The maximum Gasteiger partial charge on any atom is 0.175 e. The van der Waals surface area contributed by atoms with Gasteiger partial charge in [0.05, 0.1) is 12.3 Å². The summed E-state index contributed by atoms with van der Waals surface area (Å²) < 4.78 is 1.45. The van der Waals surface area contributed by atoms with Gasteiger partial charge in [-0.25, -0.2) is 4.68 Å². The quantitative estimate of drug-likeness (QED) is 0.711. The molecule has 0 aromatic carbocycles. The first kappa shape index (κ1) is 13.9. The van der Waals surface area contributed by atoms with Crippen LogP contribution in [0.15, 0.2) is 24.5 Å².